The summed E-state index contributed by atoms with van der Waals surface area (Å²) >= 11 is 0. The largest absolute Gasteiger partial charge is 0.462 e. The SMILES string of the molecule is CCCCCCCCCCCC(=O)Oc1ccc(-c2ccc(C(=O)OCCC(C)CC)cc2)cc1. The maximum absolute atomic E-state index is 12.2. The van der Waals surface area contributed by atoms with Gasteiger partial charge in [0.2, 0.25) is 0 Å². The molecule has 1 atom stereocenters. The minimum absolute atomic E-state index is 0.170. The summed E-state index contributed by atoms with van der Waals surface area (Å²) in [6.45, 7) is 6.99. The van der Waals surface area contributed by atoms with Gasteiger partial charge in [0.1, 0.15) is 5.75 Å². The monoisotopic (exact) mass is 480 g/mol. The van der Waals surface area contributed by atoms with E-state index in [9.17, 15) is 9.59 Å². The molecule has 4 heteroatoms. The van der Waals surface area contributed by atoms with E-state index in [0.29, 0.717) is 30.3 Å². The second-order valence-electron chi connectivity index (χ2n) is 9.59. The summed E-state index contributed by atoms with van der Waals surface area (Å²) in [4.78, 5) is 24.4. The highest BCUT2D eigenvalue weighted by molar-refractivity contribution is 5.90. The van der Waals surface area contributed by atoms with Crippen LogP contribution in [0.25, 0.3) is 11.1 Å². The number of ether oxygens (including phenoxy) is 2. The van der Waals surface area contributed by atoms with Crippen LogP contribution in [0, 0.1) is 5.92 Å². The number of carbonyl (C=O) groups excluding carboxylic acids is 2. The van der Waals surface area contributed by atoms with Crippen LogP contribution in [0.2, 0.25) is 0 Å². The summed E-state index contributed by atoms with van der Waals surface area (Å²) < 4.78 is 10.9. The Morgan fingerprint density at radius 2 is 1.29 bits per heavy atom. The summed E-state index contributed by atoms with van der Waals surface area (Å²) in [6, 6.07) is 14.9. The minimum atomic E-state index is -0.283. The normalized spacial score (nSPS) is 11.7. The molecule has 0 N–H and O–H groups in total. The molecule has 192 valence electrons. The second-order valence-corrected chi connectivity index (χ2v) is 9.59. The molecule has 0 fully saturated rings. The fourth-order valence-corrected chi connectivity index (χ4v) is 3.92. The maximum Gasteiger partial charge on any atom is 0.338 e. The molecule has 2 aromatic rings. The number of carbonyl (C=O) groups is 2. The molecular formula is C31H44O4. The predicted octanol–water partition coefficient (Wildman–Crippen LogP) is 8.77. The predicted molar refractivity (Wildman–Crippen MR) is 144 cm³/mol. The molecule has 0 radical (unpaired) electrons. The molecule has 0 amide bonds. The number of rotatable bonds is 17. The van der Waals surface area contributed by atoms with Gasteiger partial charge >= 0.3 is 11.9 Å². The Hall–Kier alpha value is -2.62. The van der Waals surface area contributed by atoms with Crippen molar-refractivity contribution in [2.24, 2.45) is 5.92 Å². The van der Waals surface area contributed by atoms with Crippen molar-refractivity contribution in [1.29, 1.82) is 0 Å². The molecule has 4 nitrogen and oxygen atoms in total. The standard InChI is InChI=1S/C31H44O4/c1-4-6-7-8-9-10-11-12-13-14-30(32)35-29-21-19-27(20-22-29)26-15-17-28(18-16-26)31(33)34-24-23-25(3)5-2/h15-22,25H,4-14,23-24H2,1-3H3. The van der Waals surface area contributed by atoms with Gasteiger partial charge in [-0.15, -0.1) is 0 Å². The highest BCUT2D eigenvalue weighted by Gasteiger charge is 2.09. The summed E-state index contributed by atoms with van der Waals surface area (Å²) in [6.07, 6.45) is 13.5. The molecule has 0 aliphatic heterocycles. The van der Waals surface area contributed by atoms with E-state index < -0.39 is 0 Å². The fraction of sp³-hybridized carbons (Fsp3) is 0.548. The Kier molecular flexibility index (Phi) is 13.8. The van der Waals surface area contributed by atoms with Crippen molar-refractivity contribution >= 4 is 11.9 Å². The van der Waals surface area contributed by atoms with Crippen LogP contribution in [0.4, 0.5) is 0 Å². The van der Waals surface area contributed by atoms with E-state index in [4.69, 9.17) is 9.47 Å². The van der Waals surface area contributed by atoms with E-state index in [1.54, 1.807) is 12.1 Å². The van der Waals surface area contributed by atoms with E-state index in [2.05, 4.69) is 20.8 Å². The summed E-state index contributed by atoms with van der Waals surface area (Å²) in [5.74, 6) is 0.671. The van der Waals surface area contributed by atoms with Gasteiger partial charge in [0.25, 0.3) is 0 Å². The minimum Gasteiger partial charge on any atom is -0.462 e. The van der Waals surface area contributed by atoms with E-state index >= 15 is 0 Å². The Morgan fingerprint density at radius 1 is 0.743 bits per heavy atom. The highest BCUT2D eigenvalue weighted by atomic mass is 16.5. The van der Waals surface area contributed by atoms with Crippen LogP contribution in [0.1, 0.15) is 108 Å². The Bertz CT molecular complexity index is 855. The first-order valence-corrected chi connectivity index (χ1v) is 13.6. The zero-order chi connectivity index (χ0) is 25.3. The van der Waals surface area contributed by atoms with Crippen LogP contribution < -0.4 is 4.74 Å². The molecule has 0 aliphatic carbocycles. The average molecular weight is 481 g/mol. The molecule has 2 aromatic carbocycles. The van der Waals surface area contributed by atoms with Crippen LogP contribution >= 0.6 is 0 Å². The molecule has 2 rings (SSSR count). The van der Waals surface area contributed by atoms with E-state index in [0.717, 1.165) is 36.8 Å². The Balaban J connectivity index is 1.70. The molecule has 0 aliphatic rings. The van der Waals surface area contributed by atoms with Crippen molar-refractivity contribution in [3.05, 3.63) is 54.1 Å². The average Bonchev–Trinajstić information content (AvgIpc) is 2.88. The molecule has 0 spiro atoms. The lowest BCUT2D eigenvalue weighted by Crippen LogP contribution is -2.08. The van der Waals surface area contributed by atoms with Crippen LogP contribution in [-0.2, 0) is 9.53 Å². The third-order valence-electron chi connectivity index (χ3n) is 6.57. The smallest absolute Gasteiger partial charge is 0.338 e. The zero-order valence-electron chi connectivity index (χ0n) is 22.0. The molecule has 0 heterocycles. The maximum atomic E-state index is 12.2. The van der Waals surface area contributed by atoms with Gasteiger partial charge in [-0.05, 0) is 54.2 Å². The number of benzene rings is 2. The van der Waals surface area contributed by atoms with Gasteiger partial charge in [-0.3, -0.25) is 4.79 Å². The number of hydrogen-bond acceptors (Lipinski definition) is 4. The third kappa shape index (κ3) is 11.6. The second kappa shape index (κ2) is 16.9. The lowest BCUT2D eigenvalue weighted by atomic mass is 10.0. The summed E-state index contributed by atoms with van der Waals surface area (Å²) in [5.41, 5.74) is 2.55. The van der Waals surface area contributed by atoms with Gasteiger partial charge < -0.3 is 9.47 Å². The molecule has 0 saturated carbocycles. The summed E-state index contributed by atoms with van der Waals surface area (Å²) in [7, 11) is 0. The van der Waals surface area contributed by atoms with E-state index in [-0.39, 0.29) is 11.9 Å². The molecule has 1 unspecified atom stereocenters. The first-order chi connectivity index (χ1) is 17.0. The third-order valence-corrected chi connectivity index (χ3v) is 6.57. The van der Waals surface area contributed by atoms with Gasteiger partial charge in [0.05, 0.1) is 12.2 Å². The van der Waals surface area contributed by atoms with Crippen LogP contribution in [-0.4, -0.2) is 18.5 Å². The van der Waals surface area contributed by atoms with Crippen molar-refractivity contribution in [2.75, 3.05) is 6.61 Å². The van der Waals surface area contributed by atoms with Crippen LogP contribution in [0.3, 0.4) is 0 Å². The van der Waals surface area contributed by atoms with Gasteiger partial charge in [0.15, 0.2) is 0 Å². The first kappa shape index (κ1) is 28.6. The number of unbranched alkanes of at least 4 members (excludes halogenated alkanes) is 8. The molecular weight excluding hydrogens is 436 g/mol. The lowest BCUT2D eigenvalue weighted by Gasteiger charge is -2.09. The Labute approximate surface area is 212 Å². The Morgan fingerprint density at radius 3 is 1.86 bits per heavy atom. The van der Waals surface area contributed by atoms with Crippen LogP contribution in [0.15, 0.2) is 48.5 Å². The van der Waals surface area contributed by atoms with Gasteiger partial charge in [-0.25, -0.2) is 4.79 Å². The lowest BCUT2D eigenvalue weighted by molar-refractivity contribution is -0.134. The summed E-state index contributed by atoms with van der Waals surface area (Å²) in [5, 5.41) is 0. The van der Waals surface area contributed by atoms with Crippen molar-refractivity contribution in [3.8, 4) is 16.9 Å². The fourth-order valence-electron chi connectivity index (χ4n) is 3.92. The van der Waals surface area contributed by atoms with E-state index in [1.165, 1.54) is 44.9 Å². The van der Waals surface area contributed by atoms with E-state index in [1.807, 2.05) is 36.4 Å². The quantitative estimate of drug-likeness (QED) is 0.129. The zero-order valence-corrected chi connectivity index (χ0v) is 22.0. The first-order valence-electron chi connectivity index (χ1n) is 13.6. The van der Waals surface area contributed by atoms with Gasteiger partial charge in [-0.1, -0.05) is 103 Å². The van der Waals surface area contributed by atoms with Gasteiger partial charge in [-0.2, -0.15) is 0 Å². The molecule has 35 heavy (non-hydrogen) atoms. The number of hydrogen-bond donors (Lipinski definition) is 0. The number of esters is 2. The molecule has 0 saturated heterocycles. The van der Waals surface area contributed by atoms with Crippen molar-refractivity contribution in [2.45, 2.75) is 97.8 Å². The highest BCUT2D eigenvalue weighted by Crippen LogP contribution is 2.23. The van der Waals surface area contributed by atoms with Gasteiger partial charge in [0, 0.05) is 6.42 Å². The van der Waals surface area contributed by atoms with Crippen LogP contribution in [0.5, 0.6) is 5.75 Å². The van der Waals surface area contributed by atoms with Crippen molar-refractivity contribution < 1.29 is 19.1 Å². The van der Waals surface area contributed by atoms with Crippen molar-refractivity contribution in [3.63, 3.8) is 0 Å². The molecule has 0 aromatic heterocycles. The van der Waals surface area contributed by atoms with Crippen molar-refractivity contribution in [1.82, 2.24) is 0 Å². The topological polar surface area (TPSA) is 52.6 Å². The molecule has 0 bridgehead atoms.